The van der Waals surface area contributed by atoms with Crippen LogP contribution in [0.25, 0.3) is 0 Å². The lowest BCUT2D eigenvalue weighted by molar-refractivity contribution is 0.626. The minimum absolute atomic E-state index is 0. The molecule has 0 saturated heterocycles. The molecule has 1 aromatic carbocycles. The van der Waals surface area contributed by atoms with Gasteiger partial charge in [0.25, 0.3) is 0 Å². The molecule has 0 spiro atoms. The van der Waals surface area contributed by atoms with Gasteiger partial charge in [0.2, 0.25) is 0 Å². The number of rotatable bonds is 0. The molecule has 0 aliphatic carbocycles. The molecule has 0 aliphatic rings. The van der Waals surface area contributed by atoms with Crippen molar-refractivity contribution in [2.45, 2.75) is 4.90 Å². The Balaban J connectivity index is -0.0000000427. The molecule has 0 unspecified atom stereocenters. The summed E-state index contributed by atoms with van der Waals surface area (Å²) < 4.78 is 12.0. The summed E-state index contributed by atoms with van der Waals surface area (Å²) >= 11 is 4.70. The van der Waals surface area contributed by atoms with Crippen LogP contribution < -0.4 is 0 Å². The quantitative estimate of drug-likeness (QED) is 0.613. The van der Waals surface area contributed by atoms with Crippen LogP contribution in [-0.4, -0.2) is 0 Å². The number of hydrogen-bond acceptors (Lipinski definition) is 0. The average Bonchev–Trinajstić information content (AvgIpc) is 1.77. The van der Waals surface area contributed by atoms with Gasteiger partial charge in [0.15, 0.2) is 0 Å². The lowest BCUT2D eigenvalue weighted by atomic mass is 10.4. The zero-order valence-electron chi connectivity index (χ0n) is 6.14. The Morgan fingerprint density at radius 2 is 1.15 bits per heavy atom. The third-order valence-corrected chi connectivity index (χ3v) is 1.09. The molecule has 1 aromatic rings. The van der Waals surface area contributed by atoms with Crippen LogP contribution in [0.15, 0.2) is 29.2 Å². The Kier molecular flexibility index (Phi) is 31.6. The molecule has 0 N–H and O–H groups in total. The molecule has 81 valence electrons. The molecular weight excluding hydrogens is 235 g/mol. The van der Waals surface area contributed by atoms with Crippen LogP contribution in [0.1, 0.15) is 0 Å². The predicted octanol–water partition coefficient (Wildman–Crippen LogP) is 3.41. The standard InChI is InChI=1S/C6H4FS.ClH.4FH/c7-5-1-3-6(8)4-2-5;;;;;/h1-4H;5*1H. The van der Waals surface area contributed by atoms with Crippen molar-refractivity contribution in [2.24, 2.45) is 0 Å². The fourth-order valence-electron chi connectivity index (χ4n) is 0.435. The Bertz CT molecular complexity index is 160. The van der Waals surface area contributed by atoms with Gasteiger partial charge in [-0.25, -0.2) is 4.39 Å². The maximum Gasteiger partial charge on any atom is 0.123 e. The van der Waals surface area contributed by atoms with E-state index in [2.05, 4.69) is 0 Å². The van der Waals surface area contributed by atoms with E-state index in [1.54, 1.807) is 12.1 Å². The van der Waals surface area contributed by atoms with Gasteiger partial charge in [-0.15, -0.1) is 12.4 Å². The second-order valence-electron chi connectivity index (χ2n) is 1.45. The Labute approximate surface area is 83.8 Å². The summed E-state index contributed by atoms with van der Waals surface area (Å²) in [5.41, 5.74) is 0. The highest BCUT2D eigenvalue weighted by Gasteiger charge is 1.85. The van der Waals surface area contributed by atoms with Gasteiger partial charge in [-0.2, -0.15) is 0 Å². The smallest absolute Gasteiger partial charge is 0.123 e. The summed E-state index contributed by atoms with van der Waals surface area (Å²) in [6.45, 7) is 0. The van der Waals surface area contributed by atoms with Crippen molar-refractivity contribution >= 4 is 25.0 Å². The highest BCUT2D eigenvalue weighted by Crippen LogP contribution is 2.04. The topological polar surface area (TPSA) is 0 Å². The van der Waals surface area contributed by atoms with Gasteiger partial charge in [0.05, 0.1) is 0 Å². The number of hydrogen-bond donors (Lipinski definition) is 0. The highest BCUT2D eigenvalue weighted by molar-refractivity contribution is 7.80. The summed E-state index contributed by atoms with van der Waals surface area (Å²) in [5.74, 6) is -0.237. The monoisotopic (exact) mass is 243 g/mol. The molecular formula is C6H9ClF5S. The van der Waals surface area contributed by atoms with E-state index in [1.807, 2.05) is 0 Å². The molecule has 0 atom stereocenters. The fraction of sp³-hybridized carbons (Fsp3) is 0. The highest BCUT2D eigenvalue weighted by atomic mass is 35.5. The van der Waals surface area contributed by atoms with E-state index in [0.717, 1.165) is 0 Å². The third-order valence-electron chi connectivity index (χ3n) is 0.814. The molecule has 0 bridgehead atoms. The Hall–Kier alpha value is -0.620. The predicted molar refractivity (Wildman–Crippen MR) is 49.5 cm³/mol. The fourth-order valence-corrected chi connectivity index (χ4v) is 0.571. The molecule has 0 aliphatic heterocycles. The first kappa shape index (κ1) is 29.4. The number of benzene rings is 1. The summed E-state index contributed by atoms with van der Waals surface area (Å²) in [4.78, 5) is 0.673. The van der Waals surface area contributed by atoms with Gasteiger partial charge in [-0.05, 0) is 24.3 Å². The van der Waals surface area contributed by atoms with Crippen LogP contribution in [0.2, 0.25) is 0 Å². The lowest BCUT2D eigenvalue weighted by Gasteiger charge is -1.85. The molecule has 0 nitrogen and oxygen atoms in total. The normalized spacial score (nSPS) is 5.62. The van der Waals surface area contributed by atoms with Gasteiger partial charge in [0, 0.05) is 4.90 Å². The van der Waals surface area contributed by atoms with Crippen LogP contribution in [0.5, 0.6) is 0 Å². The maximum atomic E-state index is 12.0. The molecule has 0 aromatic heterocycles. The summed E-state index contributed by atoms with van der Waals surface area (Å²) in [7, 11) is 0. The van der Waals surface area contributed by atoms with E-state index in [4.69, 9.17) is 12.6 Å². The zero-order valence-corrected chi connectivity index (χ0v) is 7.77. The lowest BCUT2D eigenvalue weighted by Crippen LogP contribution is -1.68. The van der Waals surface area contributed by atoms with Crippen molar-refractivity contribution < 1.29 is 23.2 Å². The summed E-state index contributed by atoms with van der Waals surface area (Å²) in [5, 5.41) is 0. The average molecular weight is 244 g/mol. The van der Waals surface area contributed by atoms with E-state index >= 15 is 0 Å². The third kappa shape index (κ3) is 11.4. The van der Waals surface area contributed by atoms with Crippen molar-refractivity contribution in [3.8, 4) is 0 Å². The molecule has 0 amide bonds. The van der Waals surface area contributed by atoms with Crippen molar-refractivity contribution in [1.29, 1.82) is 0 Å². The van der Waals surface area contributed by atoms with Crippen molar-refractivity contribution in [3.63, 3.8) is 0 Å². The minimum Gasteiger partial charge on any atom is -0.269 e. The minimum atomic E-state index is -0.237. The van der Waals surface area contributed by atoms with Gasteiger partial charge in [0.1, 0.15) is 5.82 Å². The second-order valence-corrected chi connectivity index (χ2v) is 1.93. The first-order chi connectivity index (χ1) is 3.79. The largest absolute Gasteiger partial charge is 0.269 e. The molecule has 0 heterocycles. The van der Waals surface area contributed by atoms with E-state index < -0.39 is 0 Å². The van der Waals surface area contributed by atoms with Crippen LogP contribution in [0, 0.1) is 5.82 Å². The van der Waals surface area contributed by atoms with Crippen molar-refractivity contribution in [3.05, 3.63) is 30.1 Å². The summed E-state index contributed by atoms with van der Waals surface area (Å²) in [6, 6.07) is 5.82. The molecule has 0 saturated carbocycles. The Morgan fingerprint density at radius 3 is 1.38 bits per heavy atom. The van der Waals surface area contributed by atoms with E-state index in [0.29, 0.717) is 4.90 Å². The van der Waals surface area contributed by atoms with E-state index in [9.17, 15) is 4.39 Å². The van der Waals surface area contributed by atoms with Crippen LogP contribution in [-0.2, 0) is 0 Å². The zero-order chi connectivity index (χ0) is 5.98. The molecule has 7 heteroatoms. The molecule has 13 heavy (non-hydrogen) atoms. The van der Waals surface area contributed by atoms with E-state index in [1.165, 1.54) is 12.1 Å². The summed E-state index contributed by atoms with van der Waals surface area (Å²) in [6.07, 6.45) is 0. The first-order valence-electron chi connectivity index (χ1n) is 2.21. The van der Waals surface area contributed by atoms with Gasteiger partial charge in [-0.3, -0.25) is 18.8 Å². The van der Waals surface area contributed by atoms with Crippen molar-refractivity contribution in [1.82, 2.24) is 0 Å². The second kappa shape index (κ2) is 13.9. The van der Waals surface area contributed by atoms with Crippen molar-refractivity contribution in [2.75, 3.05) is 0 Å². The van der Waals surface area contributed by atoms with Gasteiger partial charge in [-0.1, -0.05) is 12.6 Å². The van der Waals surface area contributed by atoms with Crippen LogP contribution >= 0.6 is 25.0 Å². The molecule has 1 radical (unpaired) electrons. The molecule has 1 rings (SSSR count). The Morgan fingerprint density at radius 1 is 0.846 bits per heavy atom. The van der Waals surface area contributed by atoms with Crippen LogP contribution in [0.4, 0.5) is 23.2 Å². The SMILES string of the molecule is Cl.F.F.F.F.Fc1ccc([S])cc1. The molecule has 0 fully saturated rings. The van der Waals surface area contributed by atoms with Gasteiger partial charge >= 0.3 is 0 Å². The maximum absolute atomic E-state index is 12.0. The first-order valence-corrected chi connectivity index (χ1v) is 2.62. The number of halogens is 6. The van der Waals surface area contributed by atoms with Gasteiger partial charge < -0.3 is 0 Å². The van der Waals surface area contributed by atoms with E-state index in [-0.39, 0.29) is 37.0 Å². The van der Waals surface area contributed by atoms with Crippen LogP contribution in [0.3, 0.4) is 0 Å².